The van der Waals surface area contributed by atoms with Crippen molar-refractivity contribution in [3.8, 4) is 0 Å². The average Bonchev–Trinajstić information content (AvgIpc) is 2.46. The Kier molecular flexibility index (Phi) is 4.01. The maximum atomic E-state index is 11.1. The van der Waals surface area contributed by atoms with E-state index >= 15 is 0 Å². The number of nitro benzene ring substituents is 2. The minimum absolute atomic E-state index is 0.161. The zero-order chi connectivity index (χ0) is 15.6. The van der Waals surface area contributed by atoms with Gasteiger partial charge in [0.15, 0.2) is 0 Å². The molecule has 21 heavy (non-hydrogen) atoms. The van der Waals surface area contributed by atoms with Crippen LogP contribution in [0.25, 0.3) is 0 Å². The molecule has 0 radical (unpaired) electrons. The fourth-order valence-electron chi connectivity index (χ4n) is 2.44. The molecule has 1 aliphatic rings. The van der Waals surface area contributed by atoms with E-state index in [1.165, 1.54) is 12.1 Å². The molecule has 1 heterocycles. The van der Waals surface area contributed by atoms with E-state index in [4.69, 9.17) is 5.11 Å². The molecule has 9 nitrogen and oxygen atoms in total. The molecule has 1 atom stereocenters. The molecule has 1 aromatic rings. The summed E-state index contributed by atoms with van der Waals surface area (Å²) < 4.78 is 0. The molecule has 1 aromatic carbocycles. The number of piperidine rings is 1. The molecule has 0 spiro atoms. The van der Waals surface area contributed by atoms with Gasteiger partial charge in [0.25, 0.3) is 11.4 Å². The lowest BCUT2D eigenvalue weighted by molar-refractivity contribution is -0.393. The fraction of sp³-hybridized carbons (Fsp3) is 0.417. The molecular formula is C12H13N3O6. The number of carboxylic acid groups (broad SMARTS) is 1. The van der Waals surface area contributed by atoms with Crippen LogP contribution in [0.4, 0.5) is 17.1 Å². The van der Waals surface area contributed by atoms with Crippen LogP contribution in [0.1, 0.15) is 12.8 Å². The van der Waals surface area contributed by atoms with Gasteiger partial charge in [-0.2, -0.15) is 0 Å². The largest absolute Gasteiger partial charge is 0.481 e. The molecule has 1 aliphatic heterocycles. The zero-order valence-corrected chi connectivity index (χ0v) is 11.0. The Balaban J connectivity index is 2.36. The van der Waals surface area contributed by atoms with Crippen LogP contribution in [0.3, 0.4) is 0 Å². The van der Waals surface area contributed by atoms with E-state index in [2.05, 4.69) is 0 Å². The van der Waals surface area contributed by atoms with Gasteiger partial charge in [-0.1, -0.05) is 0 Å². The van der Waals surface area contributed by atoms with Crippen molar-refractivity contribution in [2.24, 2.45) is 5.92 Å². The number of carbonyl (C=O) groups is 1. The van der Waals surface area contributed by atoms with Gasteiger partial charge in [-0.05, 0) is 18.9 Å². The lowest BCUT2D eigenvalue weighted by Gasteiger charge is -2.32. The van der Waals surface area contributed by atoms with E-state index < -0.39 is 21.7 Å². The van der Waals surface area contributed by atoms with E-state index in [-0.39, 0.29) is 23.6 Å². The summed E-state index contributed by atoms with van der Waals surface area (Å²) in [6, 6.07) is 3.40. The Morgan fingerprint density at radius 3 is 2.57 bits per heavy atom. The highest BCUT2D eigenvalue weighted by Crippen LogP contribution is 2.34. The third-order valence-electron chi connectivity index (χ3n) is 3.48. The van der Waals surface area contributed by atoms with Crippen LogP contribution in [0.5, 0.6) is 0 Å². The van der Waals surface area contributed by atoms with Gasteiger partial charge in [-0.15, -0.1) is 0 Å². The van der Waals surface area contributed by atoms with Crippen molar-refractivity contribution < 1.29 is 19.7 Å². The summed E-state index contributed by atoms with van der Waals surface area (Å²) in [5, 5.41) is 30.8. The molecule has 0 saturated carbocycles. The average molecular weight is 295 g/mol. The van der Waals surface area contributed by atoms with Gasteiger partial charge >= 0.3 is 5.97 Å². The number of hydrogen-bond donors (Lipinski definition) is 1. The topological polar surface area (TPSA) is 127 Å². The second-order valence-electron chi connectivity index (χ2n) is 4.81. The Labute approximate surface area is 119 Å². The first-order valence-corrected chi connectivity index (χ1v) is 6.30. The van der Waals surface area contributed by atoms with Gasteiger partial charge in [-0.3, -0.25) is 25.0 Å². The van der Waals surface area contributed by atoms with E-state index in [0.29, 0.717) is 19.4 Å². The van der Waals surface area contributed by atoms with Crippen molar-refractivity contribution in [2.45, 2.75) is 12.8 Å². The summed E-state index contributed by atoms with van der Waals surface area (Å²) in [6.45, 7) is 0.649. The van der Waals surface area contributed by atoms with E-state index in [1.54, 1.807) is 4.90 Å². The highest BCUT2D eigenvalue weighted by atomic mass is 16.6. The van der Waals surface area contributed by atoms with Crippen molar-refractivity contribution in [3.05, 3.63) is 38.4 Å². The molecule has 112 valence electrons. The van der Waals surface area contributed by atoms with E-state index in [0.717, 1.165) is 6.07 Å². The first kappa shape index (κ1) is 14.7. The maximum absolute atomic E-state index is 11.1. The highest BCUT2D eigenvalue weighted by molar-refractivity contribution is 5.73. The van der Waals surface area contributed by atoms with Crippen molar-refractivity contribution in [1.29, 1.82) is 0 Å². The van der Waals surface area contributed by atoms with Crippen molar-refractivity contribution in [3.63, 3.8) is 0 Å². The minimum Gasteiger partial charge on any atom is -0.481 e. The fourth-order valence-corrected chi connectivity index (χ4v) is 2.44. The standard InChI is InChI=1S/C12H13N3O6/c16-12(17)8-2-1-5-13(7-8)10-4-3-9(14(18)19)6-11(10)15(20)21/h3-4,6,8H,1-2,5,7H2,(H,16,17). The van der Waals surface area contributed by atoms with Crippen LogP contribution in [0.2, 0.25) is 0 Å². The summed E-state index contributed by atoms with van der Waals surface area (Å²) in [6.07, 6.45) is 1.12. The number of carboxylic acids is 1. The van der Waals surface area contributed by atoms with Gasteiger partial charge in [0.05, 0.1) is 21.8 Å². The monoisotopic (exact) mass is 295 g/mol. The number of rotatable bonds is 4. The van der Waals surface area contributed by atoms with Gasteiger partial charge in [-0.25, -0.2) is 0 Å². The van der Waals surface area contributed by atoms with Crippen LogP contribution in [-0.2, 0) is 4.79 Å². The number of aliphatic carboxylic acids is 1. The number of nitro groups is 2. The molecule has 9 heteroatoms. The van der Waals surface area contributed by atoms with Gasteiger partial charge in [0.1, 0.15) is 5.69 Å². The number of non-ortho nitro benzene ring substituents is 1. The molecule has 0 amide bonds. The Bertz CT molecular complexity index is 603. The van der Waals surface area contributed by atoms with Crippen LogP contribution < -0.4 is 4.90 Å². The minimum atomic E-state index is -0.940. The zero-order valence-electron chi connectivity index (χ0n) is 11.0. The Hall–Kier alpha value is -2.71. The summed E-state index contributed by atoms with van der Waals surface area (Å²) >= 11 is 0. The molecule has 0 bridgehead atoms. The second kappa shape index (κ2) is 5.73. The number of anilines is 1. The van der Waals surface area contributed by atoms with Crippen LogP contribution in [0, 0.1) is 26.1 Å². The van der Waals surface area contributed by atoms with Gasteiger partial charge < -0.3 is 10.0 Å². The van der Waals surface area contributed by atoms with Crippen molar-refractivity contribution in [1.82, 2.24) is 0 Å². The molecule has 0 aliphatic carbocycles. The first-order valence-electron chi connectivity index (χ1n) is 6.30. The third kappa shape index (κ3) is 3.07. The Morgan fingerprint density at radius 1 is 1.29 bits per heavy atom. The number of nitrogens with zero attached hydrogens (tertiary/aromatic N) is 3. The molecule has 2 rings (SSSR count). The summed E-state index contributed by atoms with van der Waals surface area (Å²) in [4.78, 5) is 33.0. The van der Waals surface area contributed by atoms with Gasteiger partial charge in [0.2, 0.25) is 0 Å². The van der Waals surface area contributed by atoms with E-state index in [1.807, 2.05) is 0 Å². The molecular weight excluding hydrogens is 282 g/mol. The third-order valence-corrected chi connectivity index (χ3v) is 3.48. The van der Waals surface area contributed by atoms with Crippen LogP contribution in [0.15, 0.2) is 18.2 Å². The first-order chi connectivity index (χ1) is 9.90. The van der Waals surface area contributed by atoms with E-state index in [9.17, 15) is 25.0 Å². The smallest absolute Gasteiger partial charge is 0.308 e. The molecule has 1 unspecified atom stereocenters. The predicted octanol–water partition coefficient (Wildman–Crippen LogP) is 1.80. The van der Waals surface area contributed by atoms with Crippen LogP contribution in [-0.4, -0.2) is 34.0 Å². The van der Waals surface area contributed by atoms with Crippen molar-refractivity contribution >= 4 is 23.0 Å². The summed E-state index contributed by atoms with van der Waals surface area (Å²) in [5.41, 5.74) is -0.524. The highest BCUT2D eigenvalue weighted by Gasteiger charge is 2.30. The molecule has 1 N–H and O–H groups in total. The molecule has 0 aromatic heterocycles. The number of hydrogen-bond acceptors (Lipinski definition) is 6. The number of benzene rings is 1. The lowest BCUT2D eigenvalue weighted by Crippen LogP contribution is -2.39. The molecule has 1 fully saturated rings. The second-order valence-corrected chi connectivity index (χ2v) is 4.81. The maximum Gasteiger partial charge on any atom is 0.308 e. The van der Waals surface area contributed by atoms with Crippen molar-refractivity contribution in [2.75, 3.05) is 18.0 Å². The predicted molar refractivity (Wildman–Crippen MR) is 72.3 cm³/mol. The molecule has 1 saturated heterocycles. The Morgan fingerprint density at radius 2 is 2.00 bits per heavy atom. The normalized spacial score (nSPS) is 18.3. The lowest BCUT2D eigenvalue weighted by atomic mass is 9.97. The van der Waals surface area contributed by atoms with Crippen LogP contribution >= 0.6 is 0 Å². The van der Waals surface area contributed by atoms with Gasteiger partial charge in [0, 0.05) is 19.2 Å². The quantitative estimate of drug-likeness (QED) is 0.662. The summed E-state index contributed by atoms with van der Waals surface area (Å²) in [5.74, 6) is -1.53. The SMILES string of the molecule is O=C(O)C1CCCN(c2ccc([N+](=O)[O-])cc2[N+](=O)[O-])C1. The summed E-state index contributed by atoms with van der Waals surface area (Å²) in [7, 11) is 0.